The summed E-state index contributed by atoms with van der Waals surface area (Å²) in [5.41, 5.74) is 0. The summed E-state index contributed by atoms with van der Waals surface area (Å²) in [7, 11) is 0. The van der Waals surface area contributed by atoms with Gasteiger partial charge in [-0.1, -0.05) is 0 Å². The molecule has 1 fully saturated rings. The van der Waals surface area contributed by atoms with Gasteiger partial charge in [-0.2, -0.15) is 23.5 Å². The van der Waals surface area contributed by atoms with Crippen LogP contribution in [0, 0.1) is 0 Å². The molecule has 1 aliphatic rings. The average molecular weight is 294 g/mol. The number of rotatable bonds is 0. The molecule has 2 N–H and O–H groups in total. The fourth-order valence-electron chi connectivity index (χ4n) is 1.47. The number of thioether (sulfide) groups is 2. The van der Waals surface area contributed by atoms with Crippen molar-refractivity contribution in [3.63, 3.8) is 0 Å². The Morgan fingerprint density at radius 3 is 1.61 bits per heavy atom. The Labute approximate surface area is 119 Å². The molecule has 0 aromatic carbocycles. The first-order valence-electron chi connectivity index (χ1n) is 6.72. The summed E-state index contributed by atoms with van der Waals surface area (Å²) in [6, 6.07) is 0. The summed E-state index contributed by atoms with van der Waals surface area (Å²) < 4.78 is 11.1. The normalized spacial score (nSPS) is 24.0. The van der Waals surface area contributed by atoms with Crippen molar-refractivity contribution in [2.45, 2.75) is 0 Å². The van der Waals surface area contributed by atoms with Gasteiger partial charge in [0, 0.05) is 49.2 Å². The van der Waals surface area contributed by atoms with Gasteiger partial charge in [-0.15, -0.1) is 0 Å². The van der Waals surface area contributed by atoms with Gasteiger partial charge in [0.25, 0.3) is 0 Å². The molecule has 0 aliphatic carbocycles. The summed E-state index contributed by atoms with van der Waals surface area (Å²) in [6.45, 7) is 7.36. The van der Waals surface area contributed by atoms with E-state index >= 15 is 0 Å². The number of hydrogen-bond donors (Lipinski definition) is 2. The maximum atomic E-state index is 5.53. The molecule has 4 nitrogen and oxygen atoms in total. The van der Waals surface area contributed by atoms with Crippen LogP contribution < -0.4 is 10.6 Å². The molecule has 0 saturated carbocycles. The van der Waals surface area contributed by atoms with E-state index in [9.17, 15) is 0 Å². The number of nitrogens with one attached hydrogen (secondary N) is 2. The van der Waals surface area contributed by atoms with Crippen LogP contribution in [0.15, 0.2) is 0 Å². The highest BCUT2D eigenvalue weighted by atomic mass is 32.2. The Morgan fingerprint density at radius 1 is 0.556 bits per heavy atom. The highest BCUT2D eigenvalue weighted by Gasteiger charge is 1.95. The molecule has 0 unspecified atom stereocenters. The first-order valence-corrected chi connectivity index (χ1v) is 9.03. The van der Waals surface area contributed by atoms with Gasteiger partial charge in [0.1, 0.15) is 0 Å². The van der Waals surface area contributed by atoms with Crippen molar-refractivity contribution in [2.24, 2.45) is 0 Å². The highest BCUT2D eigenvalue weighted by molar-refractivity contribution is 7.99. The smallest absolute Gasteiger partial charge is 0.0591 e. The molecule has 1 aliphatic heterocycles. The van der Waals surface area contributed by atoms with E-state index in [1.165, 1.54) is 11.5 Å². The molecule has 0 spiro atoms. The topological polar surface area (TPSA) is 42.5 Å². The summed E-state index contributed by atoms with van der Waals surface area (Å²) >= 11 is 3.92. The van der Waals surface area contributed by atoms with Crippen LogP contribution in [0.1, 0.15) is 0 Å². The third-order valence-electron chi connectivity index (χ3n) is 2.44. The molecule has 1 heterocycles. The fraction of sp³-hybridized carbons (Fsp3) is 1.00. The average Bonchev–Trinajstić information content (AvgIpc) is 2.39. The maximum Gasteiger partial charge on any atom is 0.0591 e. The lowest BCUT2D eigenvalue weighted by Crippen LogP contribution is -2.25. The van der Waals surface area contributed by atoms with Crippen LogP contribution in [0.4, 0.5) is 0 Å². The zero-order valence-corrected chi connectivity index (χ0v) is 12.8. The van der Waals surface area contributed by atoms with E-state index in [1.807, 2.05) is 23.5 Å². The van der Waals surface area contributed by atoms with E-state index in [2.05, 4.69) is 10.6 Å². The third kappa shape index (κ3) is 11.6. The van der Waals surface area contributed by atoms with Crippen LogP contribution in [-0.2, 0) is 9.47 Å². The van der Waals surface area contributed by atoms with Gasteiger partial charge in [-0.25, -0.2) is 0 Å². The monoisotopic (exact) mass is 294 g/mol. The van der Waals surface area contributed by atoms with Gasteiger partial charge in [0.2, 0.25) is 0 Å². The second kappa shape index (κ2) is 14.0. The molecular weight excluding hydrogens is 268 g/mol. The minimum atomic E-state index is 0.800. The maximum absolute atomic E-state index is 5.53. The molecule has 0 amide bonds. The molecule has 6 heteroatoms. The Balaban J connectivity index is 2.00. The lowest BCUT2D eigenvalue weighted by Gasteiger charge is -2.09. The van der Waals surface area contributed by atoms with Gasteiger partial charge in [-0.3, -0.25) is 0 Å². The van der Waals surface area contributed by atoms with Crippen LogP contribution >= 0.6 is 23.5 Å². The van der Waals surface area contributed by atoms with Crippen molar-refractivity contribution < 1.29 is 9.47 Å². The van der Waals surface area contributed by atoms with Crippen LogP contribution in [0.3, 0.4) is 0 Å². The van der Waals surface area contributed by atoms with Crippen molar-refractivity contribution >= 4 is 23.5 Å². The van der Waals surface area contributed by atoms with Crippen LogP contribution in [0.2, 0.25) is 0 Å². The van der Waals surface area contributed by atoms with Gasteiger partial charge in [0.15, 0.2) is 0 Å². The van der Waals surface area contributed by atoms with Gasteiger partial charge >= 0.3 is 0 Å². The molecule has 18 heavy (non-hydrogen) atoms. The van der Waals surface area contributed by atoms with Gasteiger partial charge in [-0.05, 0) is 0 Å². The second-order valence-electron chi connectivity index (χ2n) is 3.95. The van der Waals surface area contributed by atoms with Crippen LogP contribution in [-0.4, -0.2) is 75.6 Å². The number of hydrogen-bond acceptors (Lipinski definition) is 6. The highest BCUT2D eigenvalue weighted by Crippen LogP contribution is 1.99. The molecule has 0 radical (unpaired) electrons. The van der Waals surface area contributed by atoms with E-state index in [0.717, 1.165) is 64.1 Å². The minimum absolute atomic E-state index is 0.800. The van der Waals surface area contributed by atoms with E-state index < -0.39 is 0 Å². The number of ether oxygens (including phenoxy) is 2. The van der Waals surface area contributed by atoms with Crippen LogP contribution in [0.5, 0.6) is 0 Å². The molecule has 0 aromatic heterocycles. The lowest BCUT2D eigenvalue weighted by molar-refractivity contribution is 0.136. The molecule has 0 aromatic rings. The third-order valence-corrected chi connectivity index (χ3v) is 4.33. The molecular formula is C12H26N2O2S2. The Bertz CT molecular complexity index is 101. The fourth-order valence-corrected chi connectivity index (χ4v) is 2.93. The SMILES string of the molecule is C1COCCSCCNCCSCCOCCN1. The standard InChI is InChI=1S/C12H26N2O2S2/c1-5-15-7-11-17-9-3-14-4-10-18-12-8-16-6-2-13-1/h13-14H,1-12H2. The Kier molecular flexibility index (Phi) is 12.9. The first kappa shape index (κ1) is 16.6. The first-order chi connectivity index (χ1) is 9.00. The summed E-state index contributed by atoms with van der Waals surface area (Å²) in [5, 5.41) is 6.77. The summed E-state index contributed by atoms with van der Waals surface area (Å²) in [4.78, 5) is 0. The second-order valence-corrected chi connectivity index (χ2v) is 6.40. The predicted molar refractivity (Wildman–Crippen MR) is 82.0 cm³/mol. The lowest BCUT2D eigenvalue weighted by atomic mass is 10.6. The molecule has 0 atom stereocenters. The zero-order valence-electron chi connectivity index (χ0n) is 11.1. The summed E-state index contributed by atoms with van der Waals surface area (Å²) in [6.07, 6.45) is 0. The summed E-state index contributed by atoms with van der Waals surface area (Å²) in [5.74, 6) is 4.55. The largest absolute Gasteiger partial charge is 0.379 e. The molecule has 0 bridgehead atoms. The Morgan fingerprint density at radius 2 is 1.06 bits per heavy atom. The molecule has 108 valence electrons. The van der Waals surface area contributed by atoms with Crippen LogP contribution in [0.25, 0.3) is 0 Å². The van der Waals surface area contributed by atoms with Crippen molar-refractivity contribution in [1.29, 1.82) is 0 Å². The van der Waals surface area contributed by atoms with E-state index in [4.69, 9.17) is 9.47 Å². The Hall–Kier alpha value is 0.540. The minimum Gasteiger partial charge on any atom is -0.379 e. The van der Waals surface area contributed by atoms with Gasteiger partial charge < -0.3 is 20.1 Å². The van der Waals surface area contributed by atoms with Crippen molar-refractivity contribution in [3.05, 3.63) is 0 Å². The van der Waals surface area contributed by atoms with Crippen molar-refractivity contribution in [1.82, 2.24) is 10.6 Å². The van der Waals surface area contributed by atoms with Gasteiger partial charge in [0.05, 0.1) is 26.4 Å². The quantitative estimate of drug-likeness (QED) is 0.685. The predicted octanol–water partition coefficient (Wildman–Crippen LogP) is 0.679. The molecule has 1 rings (SSSR count). The zero-order chi connectivity index (χ0) is 12.7. The van der Waals surface area contributed by atoms with E-state index in [-0.39, 0.29) is 0 Å². The van der Waals surface area contributed by atoms with E-state index in [0.29, 0.717) is 0 Å². The van der Waals surface area contributed by atoms with Crippen molar-refractivity contribution in [3.8, 4) is 0 Å². The van der Waals surface area contributed by atoms with Crippen molar-refractivity contribution in [2.75, 3.05) is 75.6 Å². The van der Waals surface area contributed by atoms with E-state index in [1.54, 1.807) is 0 Å². The molecule has 1 saturated heterocycles.